The second-order valence-electron chi connectivity index (χ2n) is 7.59. The first-order valence-corrected chi connectivity index (χ1v) is 10.4. The average molecular weight is 403 g/mol. The number of imidazole rings is 1. The third-order valence-electron chi connectivity index (χ3n) is 5.74. The van der Waals surface area contributed by atoms with Crippen LogP contribution in [-0.2, 0) is 17.8 Å². The van der Waals surface area contributed by atoms with Gasteiger partial charge in [-0.15, -0.1) is 0 Å². The summed E-state index contributed by atoms with van der Waals surface area (Å²) in [4.78, 5) is 27.4. The van der Waals surface area contributed by atoms with E-state index in [2.05, 4.69) is 11.9 Å². The molecule has 0 bridgehead atoms. The van der Waals surface area contributed by atoms with Gasteiger partial charge in [0.1, 0.15) is 11.5 Å². The summed E-state index contributed by atoms with van der Waals surface area (Å²) in [6.07, 6.45) is 7.31. The zero-order valence-electron chi connectivity index (χ0n) is 16.2. The van der Waals surface area contributed by atoms with Crippen LogP contribution in [0.2, 0.25) is 5.15 Å². The van der Waals surface area contributed by atoms with E-state index >= 15 is 0 Å². The van der Waals surface area contributed by atoms with Gasteiger partial charge in [-0.2, -0.15) is 0 Å². The standard InChI is InChI=1S/C22H27ClN2O3/c1-2-3-8-20-24-21(23)19(14-26)25(20)13-15-9-11-16(12-10-15)17-6-4-5-7-18(17)22(27)28/h9-12,14,17-18H,2-8,13H2,1H3,(H,27,28)/t17-,18+/m1/s1. The molecule has 3 rings (SSSR count). The zero-order valence-corrected chi connectivity index (χ0v) is 17.0. The van der Waals surface area contributed by atoms with Gasteiger partial charge in [0.2, 0.25) is 0 Å². The van der Waals surface area contributed by atoms with E-state index in [9.17, 15) is 14.7 Å². The van der Waals surface area contributed by atoms with Crippen LogP contribution in [0.3, 0.4) is 0 Å². The highest BCUT2D eigenvalue weighted by Crippen LogP contribution is 2.38. The van der Waals surface area contributed by atoms with E-state index in [0.29, 0.717) is 12.2 Å². The fourth-order valence-electron chi connectivity index (χ4n) is 4.17. The number of aldehydes is 1. The van der Waals surface area contributed by atoms with Gasteiger partial charge in [-0.1, -0.05) is 62.1 Å². The fraction of sp³-hybridized carbons (Fsp3) is 0.500. The third-order valence-corrected chi connectivity index (χ3v) is 6.02. The molecule has 0 unspecified atom stereocenters. The van der Waals surface area contributed by atoms with Crippen molar-refractivity contribution in [3.63, 3.8) is 0 Å². The van der Waals surface area contributed by atoms with Gasteiger partial charge in [-0.3, -0.25) is 9.59 Å². The quantitative estimate of drug-likeness (QED) is 0.623. The number of aryl methyl sites for hydroxylation is 1. The Kier molecular flexibility index (Phi) is 6.89. The zero-order chi connectivity index (χ0) is 20.1. The summed E-state index contributed by atoms with van der Waals surface area (Å²) in [6.45, 7) is 2.64. The number of aliphatic carboxylic acids is 1. The Hall–Kier alpha value is -2.14. The Morgan fingerprint density at radius 2 is 2.00 bits per heavy atom. The number of unbranched alkanes of at least 4 members (excludes halogenated alkanes) is 1. The molecular formula is C22H27ClN2O3. The second kappa shape index (κ2) is 9.37. The summed E-state index contributed by atoms with van der Waals surface area (Å²) < 4.78 is 1.89. The van der Waals surface area contributed by atoms with E-state index in [1.165, 1.54) is 0 Å². The normalized spacial score (nSPS) is 19.5. The lowest BCUT2D eigenvalue weighted by molar-refractivity contribution is -0.143. The number of carbonyl (C=O) groups is 2. The Morgan fingerprint density at radius 1 is 1.29 bits per heavy atom. The molecule has 0 aliphatic heterocycles. The lowest BCUT2D eigenvalue weighted by Gasteiger charge is -2.29. The number of carbonyl (C=O) groups excluding carboxylic acids is 1. The molecule has 6 heteroatoms. The Labute approximate surface area is 170 Å². The summed E-state index contributed by atoms with van der Waals surface area (Å²) in [6, 6.07) is 8.11. The van der Waals surface area contributed by atoms with Crippen LogP contribution in [0.25, 0.3) is 0 Å². The van der Waals surface area contributed by atoms with Crippen LogP contribution < -0.4 is 0 Å². The van der Waals surface area contributed by atoms with E-state index in [4.69, 9.17) is 11.6 Å². The number of halogens is 1. The highest BCUT2D eigenvalue weighted by molar-refractivity contribution is 6.31. The van der Waals surface area contributed by atoms with Gasteiger partial charge in [0, 0.05) is 13.0 Å². The van der Waals surface area contributed by atoms with Crippen LogP contribution in [0.4, 0.5) is 0 Å². The van der Waals surface area contributed by atoms with Crippen molar-refractivity contribution in [2.24, 2.45) is 5.92 Å². The van der Waals surface area contributed by atoms with E-state index in [1.807, 2.05) is 28.8 Å². The van der Waals surface area contributed by atoms with Crippen molar-refractivity contribution in [2.45, 2.75) is 64.3 Å². The van der Waals surface area contributed by atoms with Gasteiger partial charge in [-0.05, 0) is 36.3 Å². The molecule has 1 saturated carbocycles. The molecule has 28 heavy (non-hydrogen) atoms. The van der Waals surface area contributed by atoms with E-state index in [1.54, 1.807) is 0 Å². The lowest BCUT2D eigenvalue weighted by atomic mass is 9.75. The average Bonchev–Trinajstić information content (AvgIpc) is 3.01. The maximum Gasteiger partial charge on any atom is 0.307 e. The van der Waals surface area contributed by atoms with Gasteiger partial charge >= 0.3 is 5.97 Å². The molecule has 1 fully saturated rings. The van der Waals surface area contributed by atoms with Gasteiger partial charge in [0.15, 0.2) is 11.4 Å². The molecule has 0 radical (unpaired) electrons. The topological polar surface area (TPSA) is 72.2 Å². The van der Waals surface area contributed by atoms with Crippen LogP contribution in [-0.4, -0.2) is 26.9 Å². The van der Waals surface area contributed by atoms with Crippen LogP contribution in [0.5, 0.6) is 0 Å². The molecule has 2 aromatic rings. The minimum absolute atomic E-state index is 0.0774. The van der Waals surface area contributed by atoms with Crippen LogP contribution in [0.15, 0.2) is 24.3 Å². The number of rotatable bonds is 8. The highest BCUT2D eigenvalue weighted by Gasteiger charge is 2.31. The SMILES string of the molecule is CCCCc1nc(Cl)c(C=O)n1Cc1ccc([C@H]2CCCC[C@@H]2C(=O)O)cc1. The van der Waals surface area contributed by atoms with Crippen LogP contribution in [0, 0.1) is 5.92 Å². The molecule has 1 aromatic carbocycles. The maximum absolute atomic E-state index is 11.6. The van der Waals surface area contributed by atoms with Crippen molar-refractivity contribution >= 4 is 23.9 Å². The van der Waals surface area contributed by atoms with Gasteiger partial charge < -0.3 is 9.67 Å². The maximum atomic E-state index is 11.6. The first-order chi connectivity index (χ1) is 13.5. The predicted molar refractivity (Wildman–Crippen MR) is 109 cm³/mol. The summed E-state index contributed by atoms with van der Waals surface area (Å²) >= 11 is 6.15. The van der Waals surface area contributed by atoms with Crippen molar-refractivity contribution in [1.82, 2.24) is 9.55 Å². The number of nitrogens with zero attached hydrogens (tertiary/aromatic N) is 2. The molecule has 1 N–H and O–H groups in total. The number of carboxylic acid groups (broad SMARTS) is 1. The number of hydrogen-bond donors (Lipinski definition) is 1. The van der Waals surface area contributed by atoms with Gasteiger partial charge in [0.25, 0.3) is 0 Å². The molecule has 2 atom stereocenters. The fourth-order valence-corrected chi connectivity index (χ4v) is 4.42. The minimum Gasteiger partial charge on any atom is -0.481 e. The molecule has 150 valence electrons. The molecule has 1 aliphatic rings. The molecule has 1 heterocycles. The van der Waals surface area contributed by atoms with Crippen molar-refractivity contribution in [1.29, 1.82) is 0 Å². The molecule has 1 aliphatic carbocycles. The largest absolute Gasteiger partial charge is 0.481 e. The third kappa shape index (κ3) is 4.46. The minimum atomic E-state index is -0.696. The molecule has 0 spiro atoms. The molecule has 1 aromatic heterocycles. The molecular weight excluding hydrogens is 376 g/mol. The van der Waals surface area contributed by atoms with E-state index in [0.717, 1.165) is 68.2 Å². The van der Waals surface area contributed by atoms with Crippen molar-refractivity contribution in [3.8, 4) is 0 Å². The summed E-state index contributed by atoms with van der Waals surface area (Å²) in [7, 11) is 0. The summed E-state index contributed by atoms with van der Waals surface area (Å²) in [5.41, 5.74) is 2.54. The van der Waals surface area contributed by atoms with Crippen LogP contribution >= 0.6 is 11.6 Å². The Morgan fingerprint density at radius 3 is 2.64 bits per heavy atom. The number of carboxylic acids is 1. The van der Waals surface area contributed by atoms with Crippen LogP contribution in [0.1, 0.15) is 78.8 Å². The number of hydrogen-bond acceptors (Lipinski definition) is 3. The first-order valence-electron chi connectivity index (χ1n) is 10.1. The summed E-state index contributed by atoms with van der Waals surface area (Å²) in [5.74, 6) is -0.0859. The smallest absolute Gasteiger partial charge is 0.307 e. The predicted octanol–water partition coefficient (Wildman–Crippen LogP) is 5.10. The molecule has 5 nitrogen and oxygen atoms in total. The summed E-state index contributed by atoms with van der Waals surface area (Å²) in [5, 5.41) is 9.78. The first kappa shape index (κ1) is 20.6. The van der Waals surface area contributed by atoms with Crippen molar-refractivity contribution in [3.05, 3.63) is 52.1 Å². The molecule has 0 amide bonds. The highest BCUT2D eigenvalue weighted by atomic mass is 35.5. The second-order valence-corrected chi connectivity index (χ2v) is 7.95. The Bertz CT molecular complexity index is 829. The lowest BCUT2D eigenvalue weighted by Crippen LogP contribution is -2.25. The Balaban J connectivity index is 1.81. The van der Waals surface area contributed by atoms with E-state index in [-0.39, 0.29) is 17.0 Å². The number of aromatic nitrogens is 2. The van der Waals surface area contributed by atoms with E-state index < -0.39 is 5.97 Å². The van der Waals surface area contributed by atoms with Gasteiger partial charge in [-0.25, -0.2) is 4.98 Å². The molecule has 0 saturated heterocycles. The van der Waals surface area contributed by atoms with Gasteiger partial charge in [0.05, 0.1) is 5.92 Å². The number of benzene rings is 1. The van der Waals surface area contributed by atoms with Crippen molar-refractivity contribution < 1.29 is 14.7 Å². The van der Waals surface area contributed by atoms with Crippen molar-refractivity contribution in [2.75, 3.05) is 0 Å². The monoisotopic (exact) mass is 402 g/mol.